The van der Waals surface area contributed by atoms with Crippen molar-refractivity contribution in [3.05, 3.63) is 53.3 Å². The number of ether oxygens (including phenoxy) is 4. The maximum absolute atomic E-state index is 6.07. The second kappa shape index (κ2) is 6.20. The molecule has 23 heavy (non-hydrogen) atoms. The summed E-state index contributed by atoms with van der Waals surface area (Å²) in [5, 5.41) is 0. The molecule has 0 amide bonds. The van der Waals surface area contributed by atoms with E-state index in [9.17, 15) is 0 Å². The molecule has 2 aliphatic rings. The fourth-order valence-corrected chi connectivity index (χ4v) is 2.60. The van der Waals surface area contributed by atoms with Crippen LogP contribution < -0.4 is 9.47 Å². The highest BCUT2D eigenvalue weighted by atomic mass is 16.5. The van der Waals surface area contributed by atoms with Gasteiger partial charge in [0, 0.05) is 23.3 Å². The zero-order valence-corrected chi connectivity index (χ0v) is 13.6. The minimum absolute atomic E-state index is 0.258. The fourth-order valence-electron chi connectivity index (χ4n) is 2.60. The van der Waals surface area contributed by atoms with Crippen molar-refractivity contribution in [2.45, 2.75) is 6.10 Å². The lowest BCUT2D eigenvalue weighted by Crippen LogP contribution is -2.20. The van der Waals surface area contributed by atoms with Gasteiger partial charge in [0.1, 0.15) is 17.3 Å². The quantitative estimate of drug-likeness (QED) is 0.802. The van der Waals surface area contributed by atoms with Crippen molar-refractivity contribution in [3.8, 4) is 11.5 Å². The average Bonchev–Trinajstić information content (AvgIpc) is 3.04. The van der Waals surface area contributed by atoms with Crippen LogP contribution in [-0.4, -0.2) is 40.3 Å². The van der Waals surface area contributed by atoms with Crippen LogP contribution >= 0.6 is 0 Å². The van der Waals surface area contributed by atoms with Crippen molar-refractivity contribution in [1.29, 1.82) is 0 Å². The SMILES string of the molecule is COC1=CC(=[O+]C)C=C2C=C(c3cc(OC)cc(OC)c3)OC21. The fraction of sp³-hybridized carbons (Fsp3) is 0.278. The van der Waals surface area contributed by atoms with Gasteiger partial charge in [-0.25, -0.2) is 0 Å². The summed E-state index contributed by atoms with van der Waals surface area (Å²) in [6.45, 7) is 0. The van der Waals surface area contributed by atoms with E-state index in [-0.39, 0.29) is 6.10 Å². The van der Waals surface area contributed by atoms with Crippen molar-refractivity contribution >= 4 is 11.5 Å². The number of ketones is 1. The lowest BCUT2D eigenvalue weighted by Gasteiger charge is -2.18. The number of benzene rings is 1. The third-order valence-corrected chi connectivity index (χ3v) is 3.80. The van der Waals surface area contributed by atoms with Gasteiger partial charge in [-0.3, -0.25) is 4.42 Å². The number of methoxy groups -OCH3 is 3. The van der Waals surface area contributed by atoms with E-state index in [1.54, 1.807) is 28.4 Å². The molecular formula is C18H19O5+. The van der Waals surface area contributed by atoms with Crippen molar-refractivity contribution in [2.24, 2.45) is 0 Å². The summed E-state index contributed by atoms with van der Waals surface area (Å²) < 4.78 is 27.4. The second-order valence-corrected chi connectivity index (χ2v) is 5.11. The van der Waals surface area contributed by atoms with Crippen LogP contribution in [0.4, 0.5) is 0 Å². The third-order valence-electron chi connectivity index (χ3n) is 3.80. The summed E-state index contributed by atoms with van der Waals surface area (Å²) in [5.41, 5.74) is 1.86. The summed E-state index contributed by atoms with van der Waals surface area (Å²) in [4.78, 5) is 0. The number of hydrogen-bond donors (Lipinski definition) is 0. The van der Waals surface area contributed by atoms with Crippen molar-refractivity contribution in [1.82, 2.24) is 0 Å². The summed E-state index contributed by atoms with van der Waals surface area (Å²) in [6, 6.07) is 5.63. The predicted molar refractivity (Wildman–Crippen MR) is 86.5 cm³/mol. The Morgan fingerprint density at radius 1 is 0.913 bits per heavy atom. The summed E-state index contributed by atoms with van der Waals surface area (Å²) in [5.74, 6) is 3.59. The molecule has 1 unspecified atom stereocenters. The van der Waals surface area contributed by atoms with E-state index in [1.807, 2.05) is 36.4 Å². The van der Waals surface area contributed by atoms with E-state index in [0.717, 1.165) is 22.7 Å². The van der Waals surface area contributed by atoms with Crippen LogP contribution in [0.25, 0.3) is 5.76 Å². The highest BCUT2D eigenvalue weighted by Crippen LogP contribution is 2.38. The van der Waals surface area contributed by atoms with Crippen LogP contribution in [-0.2, 0) is 13.9 Å². The van der Waals surface area contributed by atoms with Crippen LogP contribution in [0, 0.1) is 0 Å². The zero-order chi connectivity index (χ0) is 16.4. The average molecular weight is 315 g/mol. The van der Waals surface area contributed by atoms with Gasteiger partial charge in [-0.2, -0.15) is 0 Å². The molecule has 0 spiro atoms. The molecule has 5 nitrogen and oxygen atoms in total. The van der Waals surface area contributed by atoms with Gasteiger partial charge in [-0.15, -0.1) is 0 Å². The standard InChI is InChI=1S/C18H19O5/c1-19-13-5-11(6-14(9-13)20-2)16-8-12-7-15(21-3)10-17(22-4)18(12)23-16/h5-10,18H,1-4H3/q+1. The molecule has 0 radical (unpaired) electrons. The first-order valence-electron chi connectivity index (χ1n) is 7.18. The first-order chi connectivity index (χ1) is 11.2. The molecule has 0 saturated heterocycles. The molecule has 1 aliphatic heterocycles. The minimum atomic E-state index is -0.258. The van der Waals surface area contributed by atoms with Crippen LogP contribution in [0.1, 0.15) is 5.56 Å². The minimum Gasteiger partial charge on any atom is -0.497 e. The van der Waals surface area contributed by atoms with Gasteiger partial charge < -0.3 is 18.9 Å². The largest absolute Gasteiger partial charge is 0.497 e. The molecule has 0 bridgehead atoms. The van der Waals surface area contributed by atoms with E-state index in [1.165, 1.54) is 0 Å². The van der Waals surface area contributed by atoms with Crippen LogP contribution in [0.5, 0.6) is 11.5 Å². The van der Waals surface area contributed by atoms with Gasteiger partial charge in [0.15, 0.2) is 11.9 Å². The molecule has 0 fully saturated rings. The van der Waals surface area contributed by atoms with Crippen LogP contribution in [0.3, 0.4) is 0 Å². The molecule has 120 valence electrons. The number of fused-ring (bicyclic) bond motifs is 1. The normalized spacial score (nSPS) is 21.0. The van der Waals surface area contributed by atoms with Gasteiger partial charge in [0.05, 0.1) is 27.4 Å². The van der Waals surface area contributed by atoms with Crippen molar-refractivity contribution in [2.75, 3.05) is 28.4 Å². The number of rotatable bonds is 4. The molecule has 0 saturated carbocycles. The van der Waals surface area contributed by atoms with E-state index in [0.29, 0.717) is 17.3 Å². The number of allylic oxidation sites excluding steroid dienone is 2. The number of hydrogen-bond acceptors (Lipinski definition) is 4. The Hall–Kier alpha value is -2.69. The molecule has 5 heteroatoms. The molecule has 1 aliphatic carbocycles. The van der Waals surface area contributed by atoms with Crippen LogP contribution in [0.15, 0.2) is 47.8 Å². The van der Waals surface area contributed by atoms with E-state index in [2.05, 4.69) is 0 Å². The van der Waals surface area contributed by atoms with Gasteiger partial charge in [0.2, 0.25) is 0 Å². The summed E-state index contributed by atoms with van der Waals surface area (Å²) in [7, 11) is 6.49. The predicted octanol–water partition coefficient (Wildman–Crippen LogP) is 2.65. The molecule has 1 aromatic rings. The van der Waals surface area contributed by atoms with Crippen molar-refractivity contribution < 1.29 is 23.4 Å². The summed E-state index contributed by atoms with van der Waals surface area (Å²) >= 11 is 0. The Morgan fingerprint density at radius 3 is 2.17 bits per heavy atom. The molecule has 0 aromatic heterocycles. The maximum Gasteiger partial charge on any atom is 0.347 e. The van der Waals surface area contributed by atoms with Gasteiger partial charge in [-0.1, -0.05) is 0 Å². The Bertz CT molecular complexity index is 718. The van der Waals surface area contributed by atoms with Gasteiger partial charge in [-0.05, 0) is 18.2 Å². The first-order valence-corrected chi connectivity index (χ1v) is 7.18. The van der Waals surface area contributed by atoms with Gasteiger partial charge >= 0.3 is 5.78 Å². The molecule has 1 atom stereocenters. The maximum atomic E-state index is 6.07. The van der Waals surface area contributed by atoms with E-state index in [4.69, 9.17) is 23.4 Å². The molecule has 1 heterocycles. The molecular weight excluding hydrogens is 296 g/mol. The first kappa shape index (κ1) is 15.2. The van der Waals surface area contributed by atoms with Crippen molar-refractivity contribution in [3.63, 3.8) is 0 Å². The Labute approximate surface area is 135 Å². The Balaban J connectivity index is 1.99. The Morgan fingerprint density at radius 2 is 1.61 bits per heavy atom. The highest BCUT2D eigenvalue weighted by Gasteiger charge is 2.34. The topological polar surface area (TPSA) is 48.2 Å². The molecule has 3 rings (SSSR count). The van der Waals surface area contributed by atoms with Crippen LogP contribution in [0.2, 0.25) is 0 Å². The van der Waals surface area contributed by atoms with E-state index >= 15 is 0 Å². The monoisotopic (exact) mass is 315 g/mol. The molecule has 0 N–H and O–H groups in total. The molecule has 1 aromatic carbocycles. The zero-order valence-electron chi connectivity index (χ0n) is 13.6. The smallest absolute Gasteiger partial charge is 0.347 e. The third kappa shape index (κ3) is 2.82. The number of carbonyl (C=O) groups excluding carboxylic acids is 1. The summed E-state index contributed by atoms with van der Waals surface area (Å²) in [6.07, 6.45) is 5.49. The lowest BCUT2D eigenvalue weighted by molar-refractivity contribution is -0.417. The second-order valence-electron chi connectivity index (χ2n) is 5.11. The highest BCUT2D eigenvalue weighted by molar-refractivity contribution is 6.03. The lowest BCUT2D eigenvalue weighted by atomic mass is 10.0. The van der Waals surface area contributed by atoms with E-state index < -0.39 is 0 Å². The van der Waals surface area contributed by atoms with Gasteiger partial charge in [0.25, 0.3) is 7.11 Å². The Kier molecular flexibility index (Phi) is 4.10.